The number of rotatable bonds is 7. The Kier molecular flexibility index (Phi) is 7.56. The highest BCUT2D eigenvalue weighted by atomic mass is 19.1. The standard InChI is InChI=1S/C33H34FN5O5/c1-18-7-14-26(25(34)15-18)36-29-27-28(19(2)31(42)37(29)3)38(33(44)39(32(27)43)23-12-13-23)24-6-4-5-22(16-24)35-30(41)21-10-8-20(17-40)9-11-21/h4-7,14-17,20-21,23,36H,8-13H2,1-3H3,(H,35,41). The predicted octanol–water partition coefficient (Wildman–Crippen LogP) is 4.63. The maximum Gasteiger partial charge on any atom is 0.336 e. The van der Waals surface area contributed by atoms with Crippen LogP contribution in [0.4, 0.5) is 21.6 Å². The molecule has 0 atom stereocenters. The molecule has 2 aliphatic carbocycles. The normalized spacial score (nSPS) is 18.3. The Hall–Kier alpha value is -4.80. The fraction of sp³-hybridized carbons (Fsp3) is 0.364. The highest BCUT2D eigenvalue weighted by Gasteiger charge is 2.32. The molecule has 0 radical (unpaired) electrons. The highest BCUT2D eigenvalue weighted by Crippen LogP contribution is 2.34. The Morgan fingerprint density at radius 1 is 0.955 bits per heavy atom. The van der Waals surface area contributed by atoms with Crippen LogP contribution in [0.25, 0.3) is 16.6 Å². The number of hydrogen-bond donors (Lipinski definition) is 2. The number of carbonyl (C=O) groups is 2. The second-order valence-electron chi connectivity index (χ2n) is 12.0. The van der Waals surface area contributed by atoms with Crippen LogP contribution in [0.2, 0.25) is 0 Å². The van der Waals surface area contributed by atoms with Crippen LogP contribution in [-0.4, -0.2) is 25.9 Å². The molecule has 0 spiro atoms. The van der Waals surface area contributed by atoms with Crippen molar-refractivity contribution < 1.29 is 14.0 Å². The molecule has 0 saturated heterocycles. The monoisotopic (exact) mass is 599 g/mol. The quantitative estimate of drug-likeness (QED) is 0.299. The fourth-order valence-corrected chi connectivity index (χ4v) is 6.19. The number of hydrogen-bond acceptors (Lipinski definition) is 6. The number of fused-ring (bicyclic) bond motifs is 1. The van der Waals surface area contributed by atoms with E-state index in [4.69, 9.17) is 0 Å². The van der Waals surface area contributed by atoms with Crippen LogP contribution in [0, 0.1) is 31.5 Å². The molecule has 0 aliphatic heterocycles. The van der Waals surface area contributed by atoms with Gasteiger partial charge in [0.2, 0.25) is 5.91 Å². The smallest absolute Gasteiger partial charge is 0.336 e. The van der Waals surface area contributed by atoms with Crippen molar-refractivity contribution in [1.82, 2.24) is 13.7 Å². The molecule has 2 aromatic carbocycles. The molecular weight excluding hydrogens is 565 g/mol. The van der Waals surface area contributed by atoms with Gasteiger partial charge >= 0.3 is 5.69 Å². The van der Waals surface area contributed by atoms with Gasteiger partial charge in [0.05, 0.1) is 16.9 Å². The molecule has 6 rings (SSSR count). The van der Waals surface area contributed by atoms with Crippen molar-refractivity contribution in [3.8, 4) is 5.69 Å². The summed E-state index contributed by atoms with van der Waals surface area (Å²) in [6, 6.07) is 11.0. The number of nitrogens with one attached hydrogen (secondary N) is 2. The van der Waals surface area contributed by atoms with E-state index in [1.807, 2.05) is 0 Å². The van der Waals surface area contributed by atoms with Crippen molar-refractivity contribution in [3.63, 3.8) is 0 Å². The number of pyridine rings is 1. The molecule has 11 heteroatoms. The lowest BCUT2D eigenvalue weighted by Crippen LogP contribution is -2.41. The van der Waals surface area contributed by atoms with Gasteiger partial charge < -0.3 is 15.4 Å². The van der Waals surface area contributed by atoms with Crippen molar-refractivity contribution in [2.75, 3.05) is 10.6 Å². The first-order valence-electron chi connectivity index (χ1n) is 14.9. The summed E-state index contributed by atoms with van der Waals surface area (Å²) in [5, 5.41) is 5.99. The summed E-state index contributed by atoms with van der Waals surface area (Å²) in [7, 11) is 1.50. The molecule has 2 heterocycles. The van der Waals surface area contributed by atoms with Gasteiger partial charge in [-0.05, 0) is 88.3 Å². The lowest BCUT2D eigenvalue weighted by molar-refractivity contribution is -0.122. The van der Waals surface area contributed by atoms with Crippen LogP contribution in [0.1, 0.15) is 55.7 Å². The van der Waals surface area contributed by atoms with E-state index in [1.165, 1.54) is 32.9 Å². The second kappa shape index (κ2) is 11.4. The third-order valence-corrected chi connectivity index (χ3v) is 8.84. The first-order chi connectivity index (χ1) is 21.1. The molecular formula is C33H34FN5O5. The SMILES string of the molecule is Cc1ccc(Nc2c3c(=O)n(C4CC4)c(=O)n(-c4cccc(NC(=O)C5CCC(C=O)CC5)c4)c3c(C)c(=O)n2C)c(F)c1. The Balaban J connectivity index is 1.52. The molecule has 44 heavy (non-hydrogen) atoms. The zero-order valence-electron chi connectivity index (χ0n) is 24.9. The minimum atomic E-state index is -0.593. The van der Waals surface area contributed by atoms with E-state index in [1.54, 1.807) is 44.2 Å². The molecule has 2 aromatic heterocycles. The highest BCUT2D eigenvalue weighted by molar-refractivity contribution is 5.95. The Morgan fingerprint density at radius 2 is 1.68 bits per heavy atom. The molecule has 228 valence electrons. The number of amides is 1. The summed E-state index contributed by atoms with van der Waals surface area (Å²) >= 11 is 0. The summed E-state index contributed by atoms with van der Waals surface area (Å²) in [6.07, 6.45) is 4.84. The number of aldehydes is 1. The van der Waals surface area contributed by atoms with Crippen molar-refractivity contribution in [2.45, 2.75) is 58.4 Å². The molecule has 0 bridgehead atoms. The molecule has 0 unspecified atom stereocenters. The van der Waals surface area contributed by atoms with E-state index < -0.39 is 22.6 Å². The van der Waals surface area contributed by atoms with Gasteiger partial charge in [-0.2, -0.15) is 0 Å². The molecule has 10 nitrogen and oxygen atoms in total. The van der Waals surface area contributed by atoms with Crippen LogP contribution in [0.3, 0.4) is 0 Å². The van der Waals surface area contributed by atoms with Crippen LogP contribution < -0.4 is 27.4 Å². The third-order valence-electron chi connectivity index (χ3n) is 8.84. The van der Waals surface area contributed by atoms with E-state index >= 15 is 0 Å². The summed E-state index contributed by atoms with van der Waals surface area (Å²) in [4.78, 5) is 65.8. The lowest BCUT2D eigenvalue weighted by atomic mass is 9.82. The van der Waals surface area contributed by atoms with Crippen LogP contribution in [-0.2, 0) is 16.6 Å². The van der Waals surface area contributed by atoms with E-state index in [2.05, 4.69) is 10.6 Å². The number of aryl methyl sites for hydroxylation is 2. The minimum absolute atomic E-state index is 0.0116. The molecule has 2 saturated carbocycles. The van der Waals surface area contributed by atoms with Gasteiger partial charge in [-0.25, -0.2) is 9.18 Å². The third kappa shape index (κ3) is 5.16. The number of carbonyl (C=O) groups excluding carboxylic acids is 2. The summed E-state index contributed by atoms with van der Waals surface area (Å²) in [5.41, 5.74) is 0.286. The van der Waals surface area contributed by atoms with Crippen molar-refractivity contribution in [2.24, 2.45) is 18.9 Å². The Labute approximate surface area is 252 Å². The van der Waals surface area contributed by atoms with Gasteiger partial charge in [0.1, 0.15) is 23.3 Å². The first-order valence-corrected chi connectivity index (χ1v) is 14.9. The number of anilines is 3. The number of nitrogens with zero attached hydrogens (tertiary/aromatic N) is 3. The first kappa shape index (κ1) is 29.3. The van der Waals surface area contributed by atoms with E-state index in [-0.39, 0.29) is 51.8 Å². The lowest BCUT2D eigenvalue weighted by Gasteiger charge is -2.24. The van der Waals surface area contributed by atoms with Gasteiger partial charge in [-0.15, -0.1) is 0 Å². The van der Waals surface area contributed by atoms with Gasteiger partial charge in [-0.1, -0.05) is 12.1 Å². The average Bonchev–Trinajstić information content (AvgIpc) is 3.84. The average molecular weight is 600 g/mol. The molecule has 4 aromatic rings. The summed E-state index contributed by atoms with van der Waals surface area (Å²) < 4.78 is 18.8. The van der Waals surface area contributed by atoms with Crippen molar-refractivity contribution in [1.29, 1.82) is 0 Å². The number of aromatic nitrogens is 3. The zero-order chi connectivity index (χ0) is 31.3. The van der Waals surface area contributed by atoms with Crippen LogP contribution in [0.5, 0.6) is 0 Å². The van der Waals surface area contributed by atoms with Crippen LogP contribution in [0.15, 0.2) is 56.8 Å². The molecule has 2 aliphatic rings. The van der Waals surface area contributed by atoms with E-state index in [0.717, 1.165) is 6.29 Å². The maximum atomic E-state index is 15.0. The van der Waals surface area contributed by atoms with Crippen molar-refractivity contribution >= 4 is 40.3 Å². The molecule has 2 fully saturated rings. The predicted molar refractivity (Wildman–Crippen MR) is 167 cm³/mol. The van der Waals surface area contributed by atoms with E-state index in [9.17, 15) is 28.4 Å². The number of halogens is 1. The van der Waals surface area contributed by atoms with Gasteiger partial charge in [0.25, 0.3) is 11.1 Å². The fourth-order valence-electron chi connectivity index (χ4n) is 6.19. The van der Waals surface area contributed by atoms with Crippen LogP contribution >= 0.6 is 0 Å². The largest absolute Gasteiger partial charge is 0.338 e. The van der Waals surface area contributed by atoms with Gasteiger partial charge in [-0.3, -0.25) is 28.1 Å². The zero-order valence-corrected chi connectivity index (χ0v) is 24.9. The minimum Gasteiger partial charge on any atom is -0.338 e. The van der Waals surface area contributed by atoms with Gasteiger partial charge in [0, 0.05) is 36.2 Å². The summed E-state index contributed by atoms with van der Waals surface area (Å²) in [6.45, 7) is 3.31. The van der Waals surface area contributed by atoms with Gasteiger partial charge in [0.15, 0.2) is 0 Å². The Morgan fingerprint density at radius 3 is 2.34 bits per heavy atom. The topological polar surface area (TPSA) is 124 Å². The molecule has 2 N–H and O–H groups in total. The van der Waals surface area contributed by atoms with E-state index in [0.29, 0.717) is 55.5 Å². The Bertz CT molecular complexity index is 2000. The maximum absolute atomic E-state index is 15.0. The second-order valence-corrected chi connectivity index (χ2v) is 12.0. The number of benzene rings is 2. The van der Waals surface area contributed by atoms with Crippen molar-refractivity contribution in [3.05, 3.63) is 90.6 Å². The molecule has 1 amide bonds. The summed E-state index contributed by atoms with van der Waals surface area (Å²) in [5.74, 6) is -0.880.